The van der Waals surface area contributed by atoms with E-state index >= 15 is 0 Å². The van der Waals surface area contributed by atoms with Crippen LogP contribution < -0.4 is 14.8 Å². The van der Waals surface area contributed by atoms with Gasteiger partial charge in [-0.2, -0.15) is 0 Å². The number of esters is 1. The fourth-order valence-corrected chi connectivity index (χ4v) is 2.42. The Morgan fingerprint density at radius 3 is 2.08 bits per heavy atom. The molecule has 126 valence electrons. The van der Waals surface area contributed by atoms with E-state index in [1.807, 2.05) is 12.1 Å². The zero-order valence-corrected chi connectivity index (χ0v) is 15.5. The maximum atomic E-state index is 12.4. The lowest BCUT2D eigenvalue weighted by molar-refractivity contribution is 0.0601. The Bertz CT molecular complexity index is 758. The fourth-order valence-electron chi connectivity index (χ4n) is 2.06. The van der Waals surface area contributed by atoms with Gasteiger partial charge in [0.25, 0.3) is 5.91 Å². The molecule has 2 aromatic carbocycles. The van der Waals surface area contributed by atoms with Crippen LogP contribution >= 0.6 is 22.6 Å². The van der Waals surface area contributed by atoms with Gasteiger partial charge in [-0.05, 0) is 46.9 Å². The van der Waals surface area contributed by atoms with Crippen LogP contribution in [-0.2, 0) is 4.74 Å². The molecule has 0 saturated carbocycles. The minimum atomic E-state index is -0.589. The number of carbonyl (C=O) groups is 2. The molecule has 1 amide bonds. The van der Waals surface area contributed by atoms with Gasteiger partial charge in [0.15, 0.2) is 11.5 Å². The summed E-state index contributed by atoms with van der Waals surface area (Å²) in [5.41, 5.74) is 0.929. The van der Waals surface area contributed by atoms with E-state index in [0.717, 1.165) is 3.57 Å². The molecule has 0 aliphatic heterocycles. The molecule has 0 radical (unpaired) electrons. The van der Waals surface area contributed by atoms with Crippen LogP contribution in [0.15, 0.2) is 36.4 Å². The van der Waals surface area contributed by atoms with Gasteiger partial charge in [0.2, 0.25) is 0 Å². The number of anilines is 1. The number of carbonyl (C=O) groups excluding carboxylic acids is 2. The number of halogens is 1. The zero-order chi connectivity index (χ0) is 17.7. The van der Waals surface area contributed by atoms with Crippen molar-refractivity contribution in [3.8, 4) is 11.5 Å². The summed E-state index contributed by atoms with van der Waals surface area (Å²) in [6, 6.07) is 10.0. The number of amides is 1. The SMILES string of the molecule is COC(=O)c1cc(OC)c(OC)cc1NC(=O)c1ccc(I)cc1. The first-order valence-electron chi connectivity index (χ1n) is 6.91. The average molecular weight is 441 g/mol. The molecule has 0 aliphatic rings. The minimum Gasteiger partial charge on any atom is -0.493 e. The van der Waals surface area contributed by atoms with E-state index in [0.29, 0.717) is 17.1 Å². The monoisotopic (exact) mass is 441 g/mol. The molecule has 0 spiro atoms. The van der Waals surface area contributed by atoms with E-state index < -0.39 is 5.97 Å². The summed E-state index contributed by atoms with van der Waals surface area (Å²) in [6.07, 6.45) is 0. The molecule has 0 heterocycles. The van der Waals surface area contributed by atoms with Crippen LogP contribution in [0.1, 0.15) is 20.7 Å². The molecule has 0 fully saturated rings. The van der Waals surface area contributed by atoms with Crippen LogP contribution in [0, 0.1) is 3.57 Å². The maximum absolute atomic E-state index is 12.4. The lowest BCUT2D eigenvalue weighted by Gasteiger charge is -2.14. The zero-order valence-electron chi connectivity index (χ0n) is 13.4. The molecule has 0 bridgehead atoms. The highest BCUT2D eigenvalue weighted by Crippen LogP contribution is 2.34. The van der Waals surface area contributed by atoms with Gasteiger partial charge < -0.3 is 19.5 Å². The third-order valence-corrected chi connectivity index (χ3v) is 4.00. The Morgan fingerprint density at radius 2 is 1.54 bits per heavy atom. The van der Waals surface area contributed by atoms with Gasteiger partial charge in [0, 0.05) is 21.3 Å². The normalized spacial score (nSPS) is 10.0. The predicted molar refractivity (Wildman–Crippen MR) is 98.0 cm³/mol. The maximum Gasteiger partial charge on any atom is 0.340 e. The van der Waals surface area contributed by atoms with Crippen LogP contribution in [0.2, 0.25) is 0 Å². The van der Waals surface area contributed by atoms with E-state index in [1.165, 1.54) is 33.5 Å². The standard InChI is InChI=1S/C17H16INO5/c1-22-14-8-12(17(21)24-3)13(9-15(14)23-2)19-16(20)10-4-6-11(18)7-5-10/h4-9H,1-3H3,(H,19,20). The second-order valence-electron chi connectivity index (χ2n) is 4.71. The summed E-state index contributed by atoms with van der Waals surface area (Å²) in [6.45, 7) is 0. The number of nitrogens with one attached hydrogen (secondary N) is 1. The van der Waals surface area contributed by atoms with E-state index in [1.54, 1.807) is 12.1 Å². The van der Waals surface area contributed by atoms with Crippen molar-refractivity contribution in [2.75, 3.05) is 26.6 Å². The van der Waals surface area contributed by atoms with Crippen molar-refractivity contribution >= 4 is 40.2 Å². The molecule has 24 heavy (non-hydrogen) atoms. The first-order valence-corrected chi connectivity index (χ1v) is 7.99. The third kappa shape index (κ3) is 3.97. The number of benzene rings is 2. The Hall–Kier alpha value is -2.29. The third-order valence-electron chi connectivity index (χ3n) is 3.28. The smallest absolute Gasteiger partial charge is 0.340 e. The first kappa shape index (κ1) is 18.1. The molecule has 0 aliphatic carbocycles. The Balaban J connectivity index is 2.41. The molecule has 0 saturated heterocycles. The largest absolute Gasteiger partial charge is 0.493 e. The van der Waals surface area contributed by atoms with Crippen molar-refractivity contribution in [3.63, 3.8) is 0 Å². The second-order valence-corrected chi connectivity index (χ2v) is 5.95. The summed E-state index contributed by atoms with van der Waals surface area (Å²) >= 11 is 2.16. The molecule has 1 N–H and O–H groups in total. The van der Waals surface area contributed by atoms with Crippen molar-refractivity contribution in [2.24, 2.45) is 0 Å². The summed E-state index contributed by atoms with van der Waals surface area (Å²) in [4.78, 5) is 24.4. The minimum absolute atomic E-state index is 0.175. The molecule has 6 nitrogen and oxygen atoms in total. The van der Waals surface area contributed by atoms with Gasteiger partial charge in [-0.25, -0.2) is 4.79 Å². The number of rotatable bonds is 5. The van der Waals surface area contributed by atoms with Gasteiger partial charge in [0.1, 0.15) is 0 Å². The highest BCUT2D eigenvalue weighted by molar-refractivity contribution is 14.1. The van der Waals surface area contributed by atoms with Crippen molar-refractivity contribution in [3.05, 3.63) is 51.1 Å². The summed E-state index contributed by atoms with van der Waals surface area (Å²) in [5, 5.41) is 2.71. The highest BCUT2D eigenvalue weighted by Gasteiger charge is 2.19. The van der Waals surface area contributed by atoms with E-state index in [9.17, 15) is 9.59 Å². The number of hydrogen-bond acceptors (Lipinski definition) is 5. The van der Waals surface area contributed by atoms with Gasteiger partial charge in [-0.1, -0.05) is 0 Å². The summed E-state index contributed by atoms with van der Waals surface area (Å²) in [5.74, 6) is -0.175. The van der Waals surface area contributed by atoms with Crippen LogP contribution in [0.25, 0.3) is 0 Å². The molecule has 0 atom stereocenters. The van der Waals surface area contributed by atoms with Crippen molar-refractivity contribution in [1.82, 2.24) is 0 Å². The number of ether oxygens (including phenoxy) is 3. The van der Waals surface area contributed by atoms with Crippen LogP contribution in [0.5, 0.6) is 11.5 Å². The Kier molecular flexibility index (Phi) is 6.02. The fraction of sp³-hybridized carbons (Fsp3) is 0.176. The first-order chi connectivity index (χ1) is 11.5. The van der Waals surface area contributed by atoms with Gasteiger partial charge in [0.05, 0.1) is 32.6 Å². The van der Waals surface area contributed by atoms with Crippen LogP contribution in [0.4, 0.5) is 5.69 Å². The van der Waals surface area contributed by atoms with Crippen LogP contribution in [-0.4, -0.2) is 33.2 Å². The summed E-state index contributed by atoms with van der Waals surface area (Å²) in [7, 11) is 4.20. The van der Waals surface area contributed by atoms with Crippen molar-refractivity contribution in [2.45, 2.75) is 0 Å². The Labute approximate surface area is 153 Å². The molecule has 0 aromatic heterocycles. The van der Waals surface area contributed by atoms with Gasteiger partial charge >= 0.3 is 5.97 Å². The summed E-state index contributed by atoms with van der Waals surface area (Å²) < 4.78 is 16.2. The van der Waals surface area contributed by atoms with Crippen LogP contribution in [0.3, 0.4) is 0 Å². The van der Waals surface area contributed by atoms with E-state index in [-0.39, 0.29) is 17.2 Å². The molecular weight excluding hydrogens is 425 g/mol. The van der Waals surface area contributed by atoms with Gasteiger partial charge in [-0.15, -0.1) is 0 Å². The molecule has 0 unspecified atom stereocenters. The second kappa shape index (κ2) is 8.00. The van der Waals surface area contributed by atoms with Crippen molar-refractivity contribution < 1.29 is 23.8 Å². The quantitative estimate of drug-likeness (QED) is 0.569. The lowest BCUT2D eigenvalue weighted by atomic mass is 10.1. The van der Waals surface area contributed by atoms with E-state index in [4.69, 9.17) is 14.2 Å². The van der Waals surface area contributed by atoms with E-state index in [2.05, 4.69) is 27.9 Å². The molecular formula is C17H16INO5. The van der Waals surface area contributed by atoms with Crippen molar-refractivity contribution in [1.29, 1.82) is 0 Å². The molecule has 2 rings (SSSR count). The van der Waals surface area contributed by atoms with Gasteiger partial charge in [-0.3, -0.25) is 4.79 Å². The lowest BCUT2D eigenvalue weighted by Crippen LogP contribution is -2.16. The number of hydrogen-bond donors (Lipinski definition) is 1. The number of methoxy groups -OCH3 is 3. The predicted octanol–water partition coefficient (Wildman–Crippen LogP) is 3.35. The molecule has 7 heteroatoms. The molecule has 2 aromatic rings. The topological polar surface area (TPSA) is 73.9 Å². The average Bonchev–Trinajstić information content (AvgIpc) is 2.61. The highest BCUT2D eigenvalue weighted by atomic mass is 127. The Morgan fingerprint density at radius 1 is 0.958 bits per heavy atom.